The summed E-state index contributed by atoms with van der Waals surface area (Å²) in [6.07, 6.45) is 1.30. The van der Waals surface area contributed by atoms with Crippen LogP contribution in [-0.2, 0) is 9.84 Å². The van der Waals surface area contributed by atoms with Crippen LogP contribution in [0.15, 0.2) is 88.8 Å². The monoisotopic (exact) mass is 423 g/mol. The number of benzene rings is 3. The van der Waals surface area contributed by atoms with Crippen LogP contribution in [0.3, 0.4) is 0 Å². The maximum atomic E-state index is 13.4. The molecule has 0 saturated carbocycles. The van der Waals surface area contributed by atoms with E-state index in [1.54, 1.807) is 35.2 Å². The number of fused-ring (bicyclic) bond motifs is 1. The van der Waals surface area contributed by atoms with E-state index in [0.717, 1.165) is 0 Å². The number of hydrogen-bond donors (Lipinski definition) is 0. The molecule has 0 radical (unpaired) electrons. The predicted octanol–water partition coefficient (Wildman–Crippen LogP) is 4.87. The Kier molecular flexibility index (Phi) is 5.13. The van der Waals surface area contributed by atoms with Gasteiger partial charge in [0.1, 0.15) is 16.5 Å². The van der Waals surface area contributed by atoms with Crippen molar-refractivity contribution in [2.24, 2.45) is 0 Å². The molecular formula is C23H18FNO4S. The second-order valence-corrected chi connectivity index (χ2v) is 8.48. The molecule has 0 N–H and O–H groups in total. The molecule has 0 saturated heterocycles. The average molecular weight is 423 g/mol. The van der Waals surface area contributed by atoms with Crippen LogP contribution in [0.25, 0.3) is 0 Å². The van der Waals surface area contributed by atoms with E-state index in [0.29, 0.717) is 23.7 Å². The highest BCUT2D eigenvalue weighted by molar-refractivity contribution is 7.96. The Labute approximate surface area is 174 Å². The summed E-state index contributed by atoms with van der Waals surface area (Å²) in [5.41, 5.74) is 1.16. The summed E-state index contributed by atoms with van der Waals surface area (Å²) in [6.45, 7) is 2.33. The molecule has 30 heavy (non-hydrogen) atoms. The van der Waals surface area contributed by atoms with Gasteiger partial charge in [0.15, 0.2) is 0 Å². The number of ketones is 1. The standard InChI is InChI=1S/C23H18FNO4S/c1-2-29-19-13-7-16(8-14-19)23(26)22-15-25(18-11-9-17(24)10-12-18)20-5-3-4-6-21(20)30(22,27)28/h3-15H,2H2,1H3. The summed E-state index contributed by atoms with van der Waals surface area (Å²) in [5, 5.41) is 0. The molecule has 7 heteroatoms. The molecule has 0 atom stereocenters. The molecule has 0 amide bonds. The maximum Gasteiger partial charge on any atom is 0.214 e. The number of Topliss-reactive ketones (excluding diaryl/α,β-unsaturated/α-hetero) is 1. The van der Waals surface area contributed by atoms with Crippen molar-refractivity contribution in [3.63, 3.8) is 0 Å². The van der Waals surface area contributed by atoms with Gasteiger partial charge in [-0.05, 0) is 67.6 Å². The van der Waals surface area contributed by atoms with Crippen LogP contribution in [-0.4, -0.2) is 20.8 Å². The lowest BCUT2D eigenvalue weighted by Crippen LogP contribution is -2.25. The van der Waals surface area contributed by atoms with Gasteiger partial charge in [0.05, 0.1) is 17.2 Å². The quantitative estimate of drug-likeness (QED) is 0.548. The van der Waals surface area contributed by atoms with E-state index in [9.17, 15) is 17.6 Å². The molecule has 0 aromatic heterocycles. The van der Waals surface area contributed by atoms with Crippen LogP contribution in [0.4, 0.5) is 15.8 Å². The Hall–Kier alpha value is -3.45. The maximum absolute atomic E-state index is 13.4. The normalized spacial score (nSPS) is 14.6. The van der Waals surface area contributed by atoms with E-state index >= 15 is 0 Å². The predicted molar refractivity (Wildman–Crippen MR) is 112 cm³/mol. The van der Waals surface area contributed by atoms with Gasteiger partial charge >= 0.3 is 0 Å². The van der Waals surface area contributed by atoms with Crippen molar-refractivity contribution in [3.05, 3.63) is 95.3 Å². The summed E-state index contributed by atoms with van der Waals surface area (Å²) < 4.78 is 45.2. The Balaban J connectivity index is 1.83. The zero-order valence-corrected chi connectivity index (χ0v) is 16.9. The third kappa shape index (κ3) is 3.48. The molecule has 4 rings (SSSR count). The summed E-state index contributed by atoms with van der Waals surface area (Å²) in [6, 6.07) is 18.3. The number of ether oxygens (including phenoxy) is 1. The van der Waals surface area contributed by atoms with Crippen molar-refractivity contribution in [2.75, 3.05) is 11.5 Å². The van der Waals surface area contributed by atoms with Crippen molar-refractivity contribution in [1.82, 2.24) is 0 Å². The molecule has 1 aliphatic rings. The lowest BCUT2D eigenvalue weighted by Gasteiger charge is -2.28. The molecule has 5 nitrogen and oxygen atoms in total. The summed E-state index contributed by atoms with van der Waals surface area (Å²) >= 11 is 0. The molecule has 0 bridgehead atoms. The number of anilines is 2. The van der Waals surface area contributed by atoms with E-state index in [1.807, 2.05) is 6.92 Å². The molecule has 0 aliphatic carbocycles. The number of sulfone groups is 1. The van der Waals surface area contributed by atoms with Crippen LogP contribution in [0, 0.1) is 5.82 Å². The molecule has 0 unspecified atom stereocenters. The number of carbonyl (C=O) groups excluding carboxylic acids is 1. The van der Waals surface area contributed by atoms with Crippen LogP contribution >= 0.6 is 0 Å². The second-order valence-electron chi connectivity index (χ2n) is 6.60. The second kappa shape index (κ2) is 7.76. The number of halogens is 1. The smallest absolute Gasteiger partial charge is 0.214 e. The highest BCUT2D eigenvalue weighted by Gasteiger charge is 2.36. The number of para-hydroxylation sites is 1. The zero-order chi connectivity index (χ0) is 21.3. The first kappa shape index (κ1) is 19.8. The summed E-state index contributed by atoms with van der Waals surface area (Å²) in [4.78, 5) is 14.4. The third-order valence-corrected chi connectivity index (χ3v) is 6.50. The van der Waals surface area contributed by atoms with E-state index in [2.05, 4.69) is 0 Å². The third-order valence-electron chi connectivity index (χ3n) is 4.71. The SMILES string of the molecule is CCOc1ccc(C(=O)C2=CN(c3ccc(F)cc3)c3ccccc3S2(=O)=O)cc1. The van der Waals surface area contributed by atoms with Crippen molar-refractivity contribution in [1.29, 1.82) is 0 Å². The van der Waals surface area contributed by atoms with Gasteiger partial charge in [0.25, 0.3) is 0 Å². The first-order valence-corrected chi connectivity index (χ1v) is 10.8. The fraction of sp³-hybridized carbons (Fsp3) is 0.0870. The van der Waals surface area contributed by atoms with Crippen LogP contribution in [0.1, 0.15) is 17.3 Å². The van der Waals surface area contributed by atoms with E-state index in [1.165, 1.54) is 48.7 Å². The Bertz CT molecular complexity index is 1230. The van der Waals surface area contributed by atoms with Crippen LogP contribution < -0.4 is 9.64 Å². The molecule has 3 aromatic carbocycles. The molecule has 0 fully saturated rings. The van der Waals surface area contributed by atoms with Gasteiger partial charge in [0, 0.05) is 17.5 Å². The van der Waals surface area contributed by atoms with Gasteiger partial charge in [-0.2, -0.15) is 0 Å². The summed E-state index contributed by atoms with van der Waals surface area (Å²) in [7, 11) is -4.04. The van der Waals surface area contributed by atoms with Crippen molar-refractivity contribution < 1.29 is 22.3 Å². The lowest BCUT2D eigenvalue weighted by atomic mass is 10.1. The van der Waals surface area contributed by atoms with E-state index < -0.39 is 21.4 Å². The van der Waals surface area contributed by atoms with Gasteiger partial charge in [-0.3, -0.25) is 4.79 Å². The van der Waals surface area contributed by atoms with Crippen LogP contribution in [0.2, 0.25) is 0 Å². The topological polar surface area (TPSA) is 63.7 Å². The first-order valence-electron chi connectivity index (χ1n) is 9.30. The van der Waals surface area contributed by atoms with E-state index in [-0.39, 0.29) is 15.4 Å². The largest absolute Gasteiger partial charge is 0.494 e. The van der Waals surface area contributed by atoms with Gasteiger partial charge in [-0.25, -0.2) is 12.8 Å². The molecular weight excluding hydrogens is 405 g/mol. The Morgan fingerprint density at radius 2 is 1.63 bits per heavy atom. The highest BCUT2D eigenvalue weighted by atomic mass is 32.2. The van der Waals surface area contributed by atoms with Gasteiger partial charge in [0.2, 0.25) is 15.6 Å². The Morgan fingerprint density at radius 1 is 0.967 bits per heavy atom. The first-order chi connectivity index (χ1) is 14.4. The number of allylic oxidation sites excluding steroid dienone is 1. The molecule has 3 aromatic rings. The van der Waals surface area contributed by atoms with E-state index in [4.69, 9.17) is 4.74 Å². The Morgan fingerprint density at radius 3 is 2.30 bits per heavy atom. The minimum atomic E-state index is -4.04. The van der Waals surface area contributed by atoms with Crippen molar-refractivity contribution in [2.45, 2.75) is 11.8 Å². The molecule has 0 spiro atoms. The van der Waals surface area contributed by atoms with Crippen LogP contribution in [0.5, 0.6) is 5.75 Å². The molecule has 1 heterocycles. The fourth-order valence-corrected chi connectivity index (χ4v) is 4.81. The number of carbonyl (C=O) groups is 1. The molecule has 152 valence electrons. The van der Waals surface area contributed by atoms with Gasteiger partial charge in [-0.1, -0.05) is 12.1 Å². The van der Waals surface area contributed by atoms with Crippen molar-refractivity contribution >= 4 is 27.0 Å². The lowest BCUT2D eigenvalue weighted by molar-refractivity contribution is 0.104. The molecule has 1 aliphatic heterocycles. The average Bonchev–Trinajstić information content (AvgIpc) is 2.75. The zero-order valence-electron chi connectivity index (χ0n) is 16.1. The van der Waals surface area contributed by atoms with Gasteiger partial charge in [-0.15, -0.1) is 0 Å². The highest BCUT2D eigenvalue weighted by Crippen LogP contribution is 2.40. The van der Waals surface area contributed by atoms with Crippen molar-refractivity contribution in [3.8, 4) is 5.75 Å². The number of nitrogens with zero attached hydrogens (tertiary/aromatic N) is 1. The minimum absolute atomic E-state index is 0.0195. The number of rotatable bonds is 5. The summed E-state index contributed by atoms with van der Waals surface area (Å²) in [5.74, 6) is -0.446. The fourth-order valence-electron chi connectivity index (χ4n) is 3.27. The minimum Gasteiger partial charge on any atom is -0.494 e. The van der Waals surface area contributed by atoms with Gasteiger partial charge < -0.3 is 9.64 Å². The number of hydrogen-bond acceptors (Lipinski definition) is 5.